The minimum atomic E-state index is -3.94. The van der Waals surface area contributed by atoms with Gasteiger partial charge in [-0.25, -0.2) is 13.2 Å². The molecule has 0 saturated heterocycles. The third kappa shape index (κ3) is 2.52. The number of anilines is 2. The van der Waals surface area contributed by atoms with Gasteiger partial charge in [-0.05, 0) is 24.3 Å². The van der Waals surface area contributed by atoms with Crippen molar-refractivity contribution in [3.05, 3.63) is 59.6 Å². The van der Waals surface area contributed by atoms with E-state index >= 15 is 0 Å². The van der Waals surface area contributed by atoms with Gasteiger partial charge >= 0.3 is 5.97 Å². The number of carbonyl (C=O) groups excluding carboxylic acids is 1. The summed E-state index contributed by atoms with van der Waals surface area (Å²) in [4.78, 5) is 13.2. The van der Waals surface area contributed by atoms with Crippen molar-refractivity contribution in [3.63, 3.8) is 0 Å². The number of carbonyl (C=O) groups is 1. The minimum absolute atomic E-state index is 0.0516. The van der Waals surface area contributed by atoms with Gasteiger partial charge in [0.2, 0.25) is 9.84 Å². The predicted octanol–water partition coefficient (Wildman–Crippen LogP) is 2.64. The van der Waals surface area contributed by atoms with E-state index < -0.39 is 20.7 Å². The lowest BCUT2D eigenvalue weighted by Crippen LogP contribution is -2.26. The molecule has 0 spiro atoms. The molecule has 2 aromatic carbocycles. The van der Waals surface area contributed by atoms with Gasteiger partial charge in [0, 0.05) is 18.0 Å². The van der Waals surface area contributed by atoms with E-state index in [9.17, 15) is 13.2 Å². The maximum Gasteiger partial charge on any atom is 0.351 e. The van der Waals surface area contributed by atoms with Crippen LogP contribution in [0.5, 0.6) is 5.75 Å². The average molecular weight is 345 g/mol. The van der Waals surface area contributed by atoms with Crippen LogP contribution in [0.15, 0.2) is 64.5 Å². The summed E-state index contributed by atoms with van der Waals surface area (Å²) in [7, 11) is -1.24. The maximum atomic E-state index is 12.7. The standard InChI is InChI=1S/C17H15NO5S/c1-22-13-7-5-6-12(10-13)18-11-16(17(19)23-2)24(20,21)15-9-4-3-8-14(15)18/h3-11H,1-2H3. The lowest BCUT2D eigenvalue weighted by molar-refractivity contribution is -0.135. The zero-order chi connectivity index (χ0) is 17.3. The molecule has 0 unspecified atom stereocenters. The molecule has 124 valence electrons. The molecular formula is C17H15NO5S. The number of benzene rings is 2. The van der Waals surface area contributed by atoms with Gasteiger partial charge in [0.15, 0.2) is 4.91 Å². The molecular weight excluding hydrogens is 330 g/mol. The van der Waals surface area contributed by atoms with Crippen LogP contribution < -0.4 is 9.64 Å². The molecule has 0 fully saturated rings. The van der Waals surface area contributed by atoms with Crippen LogP contribution in [0.2, 0.25) is 0 Å². The maximum absolute atomic E-state index is 12.7. The van der Waals surface area contributed by atoms with Crippen molar-refractivity contribution in [1.82, 2.24) is 0 Å². The van der Waals surface area contributed by atoms with E-state index in [1.54, 1.807) is 54.5 Å². The summed E-state index contributed by atoms with van der Waals surface area (Å²) in [6.45, 7) is 0. The number of sulfone groups is 1. The van der Waals surface area contributed by atoms with E-state index in [2.05, 4.69) is 4.74 Å². The number of methoxy groups -OCH3 is 2. The lowest BCUT2D eigenvalue weighted by atomic mass is 10.2. The Kier molecular flexibility index (Phi) is 4.02. The van der Waals surface area contributed by atoms with E-state index in [4.69, 9.17) is 4.74 Å². The molecule has 0 atom stereocenters. The highest BCUT2D eigenvalue weighted by atomic mass is 32.2. The van der Waals surface area contributed by atoms with Crippen molar-refractivity contribution in [3.8, 4) is 5.75 Å². The van der Waals surface area contributed by atoms with Gasteiger partial charge in [0.05, 0.1) is 24.8 Å². The molecule has 0 bridgehead atoms. The number of hydrogen-bond donors (Lipinski definition) is 0. The van der Waals surface area contributed by atoms with Crippen molar-refractivity contribution in [1.29, 1.82) is 0 Å². The molecule has 0 N–H and O–H groups in total. The van der Waals surface area contributed by atoms with Gasteiger partial charge in [-0.1, -0.05) is 18.2 Å². The van der Waals surface area contributed by atoms with Crippen LogP contribution in [-0.4, -0.2) is 28.6 Å². The van der Waals surface area contributed by atoms with Gasteiger partial charge in [-0.15, -0.1) is 0 Å². The topological polar surface area (TPSA) is 72.9 Å². The molecule has 3 rings (SSSR count). The molecule has 1 aliphatic rings. The average Bonchev–Trinajstić information content (AvgIpc) is 2.61. The smallest absolute Gasteiger partial charge is 0.351 e. The fourth-order valence-corrected chi connectivity index (χ4v) is 3.98. The first-order valence-electron chi connectivity index (χ1n) is 7.06. The Hall–Kier alpha value is -2.80. The molecule has 0 amide bonds. The zero-order valence-electron chi connectivity index (χ0n) is 13.1. The third-order valence-corrected chi connectivity index (χ3v) is 5.44. The van der Waals surface area contributed by atoms with Crippen LogP contribution in [0.25, 0.3) is 0 Å². The Labute approximate surface area is 139 Å². The summed E-state index contributed by atoms with van der Waals surface area (Å²) in [5.41, 5.74) is 1.12. The van der Waals surface area contributed by atoms with Gasteiger partial charge in [-0.3, -0.25) is 0 Å². The van der Waals surface area contributed by atoms with Gasteiger partial charge in [-0.2, -0.15) is 0 Å². The molecule has 0 aromatic heterocycles. The quantitative estimate of drug-likeness (QED) is 0.796. The summed E-state index contributed by atoms with van der Waals surface area (Å²) in [6, 6.07) is 13.6. The van der Waals surface area contributed by atoms with E-state index in [-0.39, 0.29) is 4.90 Å². The third-order valence-electron chi connectivity index (χ3n) is 3.67. The lowest BCUT2D eigenvalue weighted by Gasteiger charge is -2.28. The number of hydrogen-bond acceptors (Lipinski definition) is 6. The van der Waals surface area contributed by atoms with Crippen LogP contribution in [0.1, 0.15) is 0 Å². The van der Waals surface area contributed by atoms with Crippen molar-refractivity contribution in [2.45, 2.75) is 4.90 Å². The largest absolute Gasteiger partial charge is 0.497 e. The highest BCUT2D eigenvalue weighted by Crippen LogP contribution is 2.40. The predicted molar refractivity (Wildman–Crippen MR) is 88.9 cm³/mol. The summed E-state index contributed by atoms with van der Waals surface area (Å²) < 4.78 is 35.2. The Bertz CT molecular complexity index is 934. The molecule has 0 aliphatic carbocycles. The molecule has 7 heteroatoms. The number of nitrogens with zero attached hydrogens (tertiary/aromatic N) is 1. The SMILES string of the molecule is COC(=O)C1=CN(c2cccc(OC)c2)c2ccccc2S1(=O)=O. The second-order valence-corrected chi connectivity index (χ2v) is 6.91. The molecule has 6 nitrogen and oxygen atoms in total. The van der Waals surface area contributed by atoms with Gasteiger partial charge < -0.3 is 14.4 Å². The minimum Gasteiger partial charge on any atom is -0.497 e. The number of para-hydroxylation sites is 1. The molecule has 0 saturated carbocycles. The van der Waals surface area contributed by atoms with Gasteiger partial charge in [0.1, 0.15) is 5.75 Å². The number of rotatable bonds is 3. The number of fused-ring (bicyclic) bond motifs is 1. The summed E-state index contributed by atoms with van der Waals surface area (Å²) in [5.74, 6) is -0.288. The highest BCUT2D eigenvalue weighted by Gasteiger charge is 2.36. The normalized spacial score (nSPS) is 15.2. The van der Waals surface area contributed by atoms with Crippen LogP contribution in [0, 0.1) is 0 Å². The first-order valence-corrected chi connectivity index (χ1v) is 8.55. The van der Waals surface area contributed by atoms with Crippen molar-refractivity contribution < 1.29 is 22.7 Å². The molecule has 1 heterocycles. The number of ether oxygens (including phenoxy) is 2. The van der Waals surface area contributed by atoms with Gasteiger partial charge in [0.25, 0.3) is 0 Å². The van der Waals surface area contributed by atoms with Crippen LogP contribution in [0.3, 0.4) is 0 Å². The molecule has 0 radical (unpaired) electrons. The Morgan fingerprint density at radius 2 is 1.79 bits per heavy atom. The molecule has 2 aromatic rings. The van der Waals surface area contributed by atoms with Crippen LogP contribution in [-0.2, 0) is 19.4 Å². The van der Waals surface area contributed by atoms with E-state index in [0.717, 1.165) is 7.11 Å². The Morgan fingerprint density at radius 3 is 2.50 bits per heavy atom. The molecule has 24 heavy (non-hydrogen) atoms. The van der Waals surface area contributed by atoms with E-state index in [1.165, 1.54) is 12.3 Å². The van der Waals surface area contributed by atoms with Crippen molar-refractivity contribution in [2.24, 2.45) is 0 Å². The Balaban J connectivity index is 2.25. The zero-order valence-corrected chi connectivity index (χ0v) is 13.9. The fraction of sp³-hybridized carbons (Fsp3) is 0.118. The second kappa shape index (κ2) is 6.01. The first kappa shape index (κ1) is 16.1. The summed E-state index contributed by atoms with van der Waals surface area (Å²) in [6.07, 6.45) is 1.28. The second-order valence-electron chi connectivity index (χ2n) is 5.03. The molecule has 1 aliphatic heterocycles. The highest BCUT2D eigenvalue weighted by molar-refractivity contribution is 7.96. The Morgan fingerprint density at radius 1 is 1.04 bits per heavy atom. The first-order chi connectivity index (χ1) is 11.5. The van der Waals surface area contributed by atoms with E-state index in [0.29, 0.717) is 17.1 Å². The fourth-order valence-electron chi connectivity index (χ4n) is 2.50. The summed E-state index contributed by atoms with van der Waals surface area (Å²) in [5, 5.41) is 0. The van der Waals surface area contributed by atoms with E-state index in [1.807, 2.05) is 0 Å². The van der Waals surface area contributed by atoms with Crippen molar-refractivity contribution >= 4 is 27.2 Å². The monoisotopic (exact) mass is 345 g/mol. The van der Waals surface area contributed by atoms with Crippen LogP contribution >= 0.6 is 0 Å². The summed E-state index contributed by atoms with van der Waals surface area (Å²) >= 11 is 0. The van der Waals surface area contributed by atoms with Crippen molar-refractivity contribution in [2.75, 3.05) is 19.1 Å². The van der Waals surface area contributed by atoms with Crippen LogP contribution in [0.4, 0.5) is 11.4 Å². The number of esters is 1.